The van der Waals surface area contributed by atoms with Gasteiger partial charge in [0.15, 0.2) is 0 Å². The minimum Gasteiger partial charge on any atom is -0.353 e. The highest BCUT2D eigenvalue weighted by Crippen LogP contribution is 2.21. The zero-order valence-electron chi connectivity index (χ0n) is 16.0. The summed E-state index contributed by atoms with van der Waals surface area (Å²) in [5, 5.41) is 7.13. The molecule has 4 rings (SSSR count). The van der Waals surface area contributed by atoms with Gasteiger partial charge in [-0.2, -0.15) is 0 Å². The Morgan fingerprint density at radius 1 is 1.14 bits per heavy atom. The van der Waals surface area contributed by atoms with Crippen molar-refractivity contribution >= 4 is 23.3 Å². The predicted molar refractivity (Wildman–Crippen MR) is 116 cm³/mol. The van der Waals surface area contributed by atoms with Crippen LogP contribution in [0, 0.1) is 0 Å². The van der Waals surface area contributed by atoms with Crippen LogP contribution in [0.3, 0.4) is 0 Å². The van der Waals surface area contributed by atoms with Gasteiger partial charge in [-0.1, -0.05) is 54.1 Å². The van der Waals surface area contributed by atoms with E-state index in [4.69, 9.17) is 11.6 Å². The molecule has 2 heterocycles. The SMILES string of the molecule is O=C(NCc1cccc(Cl)c1)c1ccc(N2CCN[C@@H](c3ccccc3)C2)nc1. The number of carbonyl (C=O) groups is 1. The molecule has 0 unspecified atom stereocenters. The molecule has 0 aliphatic carbocycles. The molecule has 0 bridgehead atoms. The molecule has 0 spiro atoms. The predicted octanol–water partition coefficient (Wildman–Crippen LogP) is 3.82. The summed E-state index contributed by atoms with van der Waals surface area (Å²) in [6.45, 7) is 3.05. The lowest BCUT2D eigenvalue weighted by Crippen LogP contribution is -2.46. The fourth-order valence-corrected chi connectivity index (χ4v) is 3.72. The third kappa shape index (κ3) is 4.94. The largest absolute Gasteiger partial charge is 0.353 e. The second-order valence-electron chi connectivity index (χ2n) is 7.08. The van der Waals surface area contributed by atoms with Gasteiger partial charge in [-0.25, -0.2) is 4.98 Å². The molecule has 1 amide bonds. The molecule has 1 saturated heterocycles. The molecule has 2 N–H and O–H groups in total. The lowest BCUT2D eigenvalue weighted by Gasteiger charge is -2.34. The van der Waals surface area contributed by atoms with E-state index in [-0.39, 0.29) is 11.9 Å². The first kappa shape index (κ1) is 19.4. The van der Waals surface area contributed by atoms with E-state index in [1.165, 1.54) is 5.56 Å². The molecule has 3 aromatic rings. The lowest BCUT2D eigenvalue weighted by molar-refractivity contribution is 0.0950. The smallest absolute Gasteiger partial charge is 0.253 e. The van der Waals surface area contributed by atoms with E-state index in [2.05, 4.69) is 44.8 Å². The Morgan fingerprint density at radius 3 is 2.76 bits per heavy atom. The number of hydrogen-bond acceptors (Lipinski definition) is 4. The van der Waals surface area contributed by atoms with Gasteiger partial charge in [-0.15, -0.1) is 0 Å². The van der Waals surface area contributed by atoms with Gasteiger partial charge < -0.3 is 15.5 Å². The number of benzene rings is 2. The molecule has 1 aliphatic rings. The lowest BCUT2D eigenvalue weighted by atomic mass is 10.0. The van der Waals surface area contributed by atoms with Crippen molar-refractivity contribution in [3.8, 4) is 0 Å². The molecule has 1 fully saturated rings. The van der Waals surface area contributed by atoms with Crippen LogP contribution in [-0.4, -0.2) is 30.5 Å². The molecular formula is C23H23ClN4O. The van der Waals surface area contributed by atoms with Crippen molar-refractivity contribution in [2.45, 2.75) is 12.6 Å². The molecule has 1 atom stereocenters. The van der Waals surface area contributed by atoms with Gasteiger partial charge in [0.25, 0.3) is 5.91 Å². The van der Waals surface area contributed by atoms with Crippen LogP contribution in [0.1, 0.15) is 27.5 Å². The molecule has 1 aliphatic heterocycles. The molecule has 148 valence electrons. The van der Waals surface area contributed by atoms with Gasteiger partial charge in [0.05, 0.1) is 5.56 Å². The van der Waals surface area contributed by atoms with Gasteiger partial charge in [-0.05, 0) is 35.4 Å². The highest BCUT2D eigenvalue weighted by Gasteiger charge is 2.21. The van der Waals surface area contributed by atoms with Crippen LogP contribution in [0.25, 0.3) is 0 Å². The van der Waals surface area contributed by atoms with Crippen LogP contribution in [-0.2, 0) is 6.54 Å². The summed E-state index contributed by atoms with van der Waals surface area (Å²) in [4.78, 5) is 19.2. The van der Waals surface area contributed by atoms with Crippen LogP contribution in [0.2, 0.25) is 5.02 Å². The number of pyridine rings is 1. The van der Waals surface area contributed by atoms with Crippen LogP contribution >= 0.6 is 11.6 Å². The van der Waals surface area contributed by atoms with Crippen molar-refractivity contribution in [1.82, 2.24) is 15.6 Å². The summed E-state index contributed by atoms with van der Waals surface area (Å²) >= 11 is 5.99. The number of rotatable bonds is 5. The van der Waals surface area contributed by atoms with Crippen molar-refractivity contribution in [1.29, 1.82) is 0 Å². The van der Waals surface area contributed by atoms with Crippen molar-refractivity contribution in [2.75, 3.05) is 24.5 Å². The number of nitrogens with one attached hydrogen (secondary N) is 2. The Morgan fingerprint density at radius 2 is 2.00 bits per heavy atom. The van der Waals surface area contributed by atoms with Crippen LogP contribution in [0.4, 0.5) is 5.82 Å². The average molecular weight is 407 g/mol. The minimum atomic E-state index is -0.147. The van der Waals surface area contributed by atoms with E-state index in [1.807, 2.05) is 42.5 Å². The second-order valence-corrected chi connectivity index (χ2v) is 7.52. The van der Waals surface area contributed by atoms with E-state index in [1.54, 1.807) is 6.20 Å². The zero-order chi connectivity index (χ0) is 20.1. The summed E-state index contributed by atoms with van der Waals surface area (Å²) in [5.74, 6) is 0.741. The maximum atomic E-state index is 12.4. The normalized spacial score (nSPS) is 16.4. The molecule has 5 nitrogen and oxygen atoms in total. The number of aromatic nitrogens is 1. The standard InChI is InChI=1S/C23H23ClN4O/c24-20-8-4-5-17(13-20)14-27-23(29)19-9-10-22(26-15-19)28-12-11-25-21(16-28)18-6-2-1-3-7-18/h1-10,13,15,21,25H,11-12,14,16H2,(H,27,29)/t21-/m1/s1. The van der Waals surface area contributed by atoms with E-state index < -0.39 is 0 Å². The summed E-state index contributed by atoms with van der Waals surface area (Å²) in [7, 11) is 0. The molecule has 29 heavy (non-hydrogen) atoms. The summed E-state index contributed by atoms with van der Waals surface area (Å²) in [5.41, 5.74) is 2.78. The van der Waals surface area contributed by atoms with E-state index in [9.17, 15) is 4.79 Å². The first-order valence-corrected chi connectivity index (χ1v) is 10.1. The van der Waals surface area contributed by atoms with Gasteiger partial charge in [0.1, 0.15) is 5.82 Å². The average Bonchev–Trinajstić information content (AvgIpc) is 2.78. The quantitative estimate of drug-likeness (QED) is 0.676. The summed E-state index contributed by atoms with van der Waals surface area (Å²) < 4.78 is 0. The maximum Gasteiger partial charge on any atom is 0.253 e. The molecular weight excluding hydrogens is 384 g/mol. The Balaban J connectivity index is 1.37. The summed E-state index contributed by atoms with van der Waals surface area (Å²) in [6, 6.07) is 21.9. The topological polar surface area (TPSA) is 57.3 Å². The Kier molecular flexibility index (Phi) is 6.08. The van der Waals surface area contributed by atoms with Crippen molar-refractivity contribution in [3.63, 3.8) is 0 Å². The van der Waals surface area contributed by atoms with Gasteiger partial charge >= 0.3 is 0 Å². The fraction of sp³-hybridized carbons (Fsp3) is 0.217. The van der Waals surface area contributed by atoms with E-state index >= 15 is 0 Å². The molecule has 2 aromatic carbocycles. The molecule has 6 heteroatoms. The van der Waals surface area contributed by atoms with Gasteiger partial charge in [0.2, 0.25) is 0 Å². The van der Waals surface area contributed by atoms with Crippen molar-refractivity contribution in [2.24, 2.45) is 0 Å². The number of halogens is 1. The van der Waals surface area contributed by atoms with Crippen molar-refractivity contribution in [3.05, 3.63) is 94.6 Å². The van der Waals surface area contributed by atoms with Crippen molar-refractivity contribution < 1.29 is 4.79 Å². The monoisotopic (exact) mass is 406 g/mol. The Hall–Kier alpha value is -2.89. The van der Waals surface area contributed by atoms with Crippen LogP contribution < -0.4 is 15.5 Å². The van der Waals surface area contributed by atoms with E-state index in [0.29, 0.717) is 17.1 Å². The first-order chi connectivity index (χ1) is 14.2. The Bertz CT molecular complexity index is 962. The first-order valence-electron chi connectivity index (χ1n) is 9.71. The fourth-order valence-electron chi connectivity index (χ4n) is 3.51. The maximum absolute atomic E-state index is 12.4. The highest BCUT2D eigenvalue weighted by molar-refractivity contribution is 6.30. The number of nitrogens with zero attached hydrogens (tertiary/aromatic N) is 2. The number of amides is 1. The third-order valence-corrected chi connectivity index (χ3v) is 5.29. The van der Waals surface area contributed by atoms with Gasteiger partial charge in [0, 0.05) is 43.4 Å². The second kappa shape index (κ2) is 9.07. The number of carbonyl (C=O) groups excluding carboxylic acids is 1. The molecule has 1 aromatic heterocycles. The zero-order valence-corrected chi connectivity index (χ0v) is 16.8. The Labute approximate surface area is 175 Å². The number of piperazine rings is 1. The van der Waals surface area contributed by atoms with E-state index in [0.717, 1.165) is 31.0 Å². The molecule has 0 radical (unpaired) electrons. The highest BCUT2D eigenvalue weighted by atomic mass is 35.5. The third-order valence-electron chi connectivity index (χ3n) is 5.05. The summed E-state index contributed by atoms with van der Waals surface area (Å²) in [6.07, 6.45) is 1.64. The van der Waals surface area contributed by atoms with Crippen LogP contribution in [0.15, 0.2) is 72.9 Å². The van der Waals surface area contributed by atoms with Gasteiger partial charge in [-0.3, -0.25) is 4.79 Å². The van der Waals surface area contributed by atoms with Crippen LogP contribution in [0.5, 0.6) is 0 Å². The minimum absolute atomic E-state index is 0.147. The number of anilines is 1. The molecule has 0 saturated carbocycles. The number of hydrogen-bond donors (Lipinski definition) is 2.